The highest BCUT2D eigenvalue weighted by Gasteiger charge is 2.00. The summed E-state index contributed by atoms with van der Waals surface area (Å²) in [4.78, 5) is 1.27. The van der Waals surface area contributed by atoms with Gasteiger partial charge in [-0.1, -0.05) is 35.4 Å². The molecule has 0 aliphatic carbocycles. The first kappa shape index (κ1) is 12.3. The van der Waals surface area contributed by atoms with Crippen molar-refractivity contribution in [3.05, 3.63) is 58.6 Å². The highest BCUT2D eigenvalue weighted by Crippen LogP contribution is 2.26. The third kappa shape index (κ3) is 3.42. The Morgan fingerprint density at radius 3 is 2.47 bits per heavy atom. The fraction of sp³-hybridized carbons (Fsp3) is 0.143. The van der Waals surface area contributed by atoms with E-state index in [1.807, 2.05) is 18.2 Å². The molecule has 3 heteroatoms. The highest BCUT2D eigenvalue weighted by atomic mass is 35.5. The number of benzene rings is 2. The standard InChI is InChI=1S/C14H14ClNS/c1-10-2-5-12(6-3-10)17-9-11-4-7-13(15)14(16)8-11/h2-8H,9,16H2,1H3. The molecule has 2 aromatic carbocycles. The number of rotatable bonds is 3. The third-order valence-corrected chi connectivity index (χ3v) is 3.91. The zero-order valence-electron chi connectivity index (χ0n) is 9.61. The molecule has 0 saturated carbocycles. The summed E-state index contributed by atoms with van der Waals surface area (Å²) in [5, 5.41) is 0.620. The van der Waals surface area contributed by atoms with Crippen LogP contribution in [-0.2, 0) is 5.75 Å². The van der Waals surface area contributed by atoms with Crippen molar-refractivity contribution in [3.63, 3.8) is 0 Å². The average Bonchev–Trinajstić information content (AvgIpc) is 2.33. The highest BCUT2D eigenvalue weighted by molar-refractivity contribution is 7.98. The van der Waals surface area contributed by atoms with Gasteiger partial charge < -0.3 is 5.73 Å². The Bertz CT molecular complexity index is 508. The first-order valence-electron chi connectivity index (χ1n) is 5.38. The van der Waals surface area contributed by atoms with Crippen molar-refractivity contribution in [2.45, 2.75) is 17.6 Å². The number of nitrogen functional groups attached to an aromatic ring is 1. The van der Waals surface area contributed by atoms with E-state index in [1.54, 1.807) is 11.8 Å². The van der Waals surface area contributed by atoms with Gasteiger partial charge in [-0.3, -0.25) is 0 Å². The number of hydrogen-bond acceptors (Lipinski definition) is 2. The lowest BCUT2D eigenvalue weighted by molar-refractivity contribution is 1.35. The molecule has 0 heterocycles. The van der Waals surface area contributed by atoms with Crippen LogP contribution >= 0.6 is 23.4 Å². The molecule has 0 spiro atoms. The van der Waals surface area contributed by atoms with E-state index in [9.17, 15) is 0 Å². The minimum atomic E-state index is 0.620. The van der Waals surface area contributed by atoms with E-state index in [-0.39, 0.29) is 0 Å². The molecule has 0 fully saturated rings. The number of thioether (sulfide) groups is 1. The quantitative estimate of drug-likeness (QED) is 0.651. The molecule has 0 saturated heterocycles. The lowest BCUT2D eigenvalue weighted by atomic mass is 10.2. The lowest BCUT2D eigenvalue weighted by Crippen LogP contribution is -1.88. The van der Waals surface area contributed by atoms with E-state index in [0.717, 1.165) is 5.75 Å². The van der Waals surface area contributed by atoms with Crippen LogP contribution in [0.2, 0.25) is 5.02 Å². The molecule has 0 amide bonds. The fourth-order valence-electron chi connectivity index (χ4n) is 1.48. The smallest absolute Gasteiger partial charge is 0.0635 e. The van der Waals surface area contributed by atoms with Crippen molar-refractivity contribution in [2.24, 2.45) is 0 Å². The zero-order chi connectivity index (χ0) is 12.3. The van der Waals surface area contributed by atoms with Crippen LogP contribution in [0.15, 0.2) is 47.4 Å². The van der Waals surface area contributed by atoms with Crippen molar-refractivity contribution in [3.8, 4) is 0 Å². The van der Waals surface area contributed by atoms with Gasteiger partial charge in [0.05, 0.1) is 10.7 Å². The minimum absolute atomic E-state index is 0.620. The molecule has 0 aliphatic heterocycles. The van der Waals surface area contributed by atoms with Crippen molar-refractivity contribution in [1.82, 2.24) is 0 Å². The number of halogens is 1. The Morgan fingerprint density at radius 1 is 1.12 bits per heavy atom. The Kier molecular flexibility index (Phi) is 3.97. The van der Waals surface area contributed by atoms with Crippen molar-refractivity contribution < 1.29 is 0 Å². The topological polar surface area (TPSA) is 26.0 Å². The summed E-state index contributed by atoms with van der Waals surface area (Å²) in [5.74, 6) is 0.907. The number of hydrogen-bond donors (Lipinski definition) is 1. The van der Waals surface area contributed by atoms with Gasteiger partial charge in [0.25, 0.3) is 0 Å². The van der Waals surface area contributed by atoms with Crippen LogP contribution in [0.3, 0.4) is 0 Å². The van der Waals surface area contributed by atoms with Gasteiger partial charge in [0.15, 0.2) is 0 Å². The minimum Gasteiger partial charge on any atom is -0.398 e. The molecule has 88 valence electrons. The van der Waals surface area contributed by atoms with Gasteiger partial charge in [-0.15, -0.1) is 11.8 Å². The predicted octanol–water partition coefficient (Wildman–Crippen LogP) is 4.52. The van der Waals surface area contributed by atoms with Gasteiger partial charge in [-0.2, -0.15) is 0 Å². The van der Waals surface area contributed by atoms with Gasteiger partial charge in [-0.25, -0.2) is 0 Å². The maximum atomic E-state index is 5.88. The summed E-state index contributed by atoms with van der Waals surface area (Å²) in [6, 6.07) is 14.3. The molecule has 1 nitrogen and oxygen atoms in total. The van der Waals surface area contributed by atoms with Crippen LogP contribution < -0.4 is 5.73 Å². The Labute approximate surface area is 111 Å². The molecule has 0 unspecified atom stereocenters. The van der Waals surface area contributed by atoms with E-state index in [2.05, 4.69) is 31.2 Å². The lowest BCUT2D eigenvalue weighted by Gasteiger charge is -2.04. The number of anilines is 1. The summed E-state index contributed by atoms with van der Waals surface area (Å²) in [6.07, 6.45) is 0. The Hall–Kier alpha value is -1.12. The second kappa shape index (κ2) is 5.48. The summed E-state index contributed by atoms with van der Waals surface area (Å²) >= 11 is 7.68. The average molecular weight is 264 g/mol. The van der Waals surface area contributed by atoms with Gasteiger partial charge >= 0.3 is 0 Å². The zero-order valence-corrected chi connectivity index (χ0v) is 11.2. The van der Waals surface area contributed by atoms with Gasteiger partial charge in [0.1, 0.15) is 0 Å². The number of nitrogens with two attached hydrogens (primary N) is 1. The van der Waals surface area contributed by atoms with Crippen LogP contribution in [0, 0.1) is 6.92 Å². The SMILES string of the molecule is Cc1ccc(SCc2ccc(Cl)c(N)c2)cc1. The van der Waals surface area contributed by atoms with E-state index in [1.165, 1.54) is 16.0 Å². The molecule has 2 rings (SSSR count). The first-order chi connectivity index (χ1) is 8.15. The maximum Gasteiger partial charge on any atom is 0.0635 e. The van der Waals surface area contributed by atoms with Gasteiger partial charge in [0, 0.05) is 10.6 Å². The molecule has 17 heavy (non-hydrogen) atoms. The summed E-state index contributed by atoms with van der Waals surface area (Å²) in [5.41, 5.74) is 8.89. The summed E-state index contributed by atoms with van der Waals surface area (Å²) in [6.45, 7) is 2.09. The Balaban J connectivity index is 2.02. The van der Waals surface area contributed by atoms with Gasteiger partial charge in [-0.05, 0) is 36.8 Å². The molecule has 0 atom stereocenters. The normalized spacial score (nSPS) is 10.5. The molecule has 0 radical (unpaired) electrons. The second-order valence-electron chi connectivity index (χ2n) is 3.96. The monoisotopic (exact) mass is 263 g/mol. The van der Waals surface area contributed by atoms with Crippen LogP contribution in [-0.4, -0.2) is 0 Å². The van der Waals surface area contributed by atoms with Gasteiger partial charge in [0.2, 0.25) is 0 Å². The van der Waals surface area contributed by atoms with E-state index in [4.69, 9.17) is 17.3 Å². The molecule has 0 aliphatic rings. The predicted molar refractivity (Wildman–Crippen MR) is 76.6 cm³/mol. The van der Waals surface area contributed by atoms with Crippen LogP contribution in [0.5, 0.6) is 0 Å². The first-order valence-corrected chi connectivity index (χ1v) is 6.75. The largest absolute Gasteiger partial charge is 0.398 e. The van der Waals surface area contributed by atoms with Crippen LogP contribution in [0.25, 0.3) is 0 Å². The maximum absolute atomic E-state index is 5.88. The second-order valence-corrected chi connectivity index (χ2v) is 5.41. The molecular formula is C14H14ClNS. The van der Waals surface area contributed by atoms with Crippen LogP contribution in [0.4, 0.5) is 5.69 Å². The molecule has 0 aromatic heterocycles. The summed E-state index contributed by atoms with van der Waals surface area (Å²) < 4.78 is 0. The van der Waals surface area contributed by atoms with E-state index < -0.39 is 0 Å². The third-order valence-electron chi connectivity index (χ3n) is 2.49. The van der Waals surface area contributed by atoms with Crippen LogP contribution in [0.1, 0.15) is 11.1 Å². The molecule has 0 bridgehead atoms. The van der Waals surface area contributed by atoms with E-state index >= 15 is 0 Å². The van der Waals surface area contributed by atoms with Crippen molar-refractivity contribution >= 4 is 29.1 Å². The number of aryl methyl sites for hydroxylation is 1. The fourth-order valence-corrected chi connectivity index (χ4v) is 2.44. The van der Waals surface area contributed by atoms with Crippen molar-refractivity contribution in [2.75, 3.05) is 5.73 Å². The molecule has 2 N–H and O–H groups in total. The molecule has 2 aromatic rings. The summed E-state index contributed by atoms with van der Waals surface area (Å²) in [7, 11) is 0. The van der Waals surface area contributed by atoms with E-state index in [0.29, 0.717) is 10.7 Å². The Morgan fingerprint density at radius 2 is 1.82 bits per heavy atom. The molecular weight excluding hydrogens is 250 g/mol. The van der Waals surface area contributed by atoms with Crippen molar-refractivity contribution in [1.29, 1.82) is 0 Å².